The molecule has 0 amide bonds. The Morgan fingerprint density at radius 2 is 1.74 bits per heavy atom. The van der Waals surface area contributed by atoms with Gasteiger partial charge in [0.05, 0.1) is 12.2 Å². The summed E-state index contributed by atoms with van der Waals surface area (Å²) in [6.45, 7) is 6.57. The van der Waals surface area contributed by atoms with Crippen LogP contribution in [0.1, 0.15) is 13.8 Å². The summed E-state index contributed by atoms with van der Waals surface area (Å²) in [5.41, 5.74) is 2.18. The van der Waals surface area contributed by atoms with Crippen molar-refractivity contribution < 1.29 is 5.11 Å². The lowest BCUT2D eigenvalue weighted by molar-refractivity contribution is 0.233. The van der Waals surface area contributed by atoms with E-state index in [4.69, 9.17) is 12.2 Å². The molecule has 0 aliphatic carbocycles. The smallest absolute Gasteiger partial charge is 0.221 e. The molecular weight excluding hydrogens is 358 g/mol. The fraction of sp³-hybridized carbons (Fsp3) is 0.250. The standard InChI is InChI=1S/C20H23N5OS/c1-3-24(4-2)14-25-17-13-9-8-12-16(17)18(19(25)26)22-23-20(27)21-15-10-6-5-7-11-15/h5-13,26H,3-4,14H2,1-2H3,(H,21,27). The van der Waals surface area contributed by atoms with Gasteiger partial charge in [0.2, 0.25) is 11.0 Å². The van der Waals surface area contributed by atoms with Crippen LogP contribution in [0, 0.1) is 0 Å². The summed E-state index contributed by atoms with van der Waals surface area (Å²) in [6, 6.07) is 17.3. The number of para-hydroxylation sites is 2. The summed E-state index contributed by atoms with van der Waals surface area (Å²) >= 11 is 5.25. The number of anilines is 1. The number of hydrogen-bond acceptors (Lipinski definition) is 4. The maximum absolute atomic E-state index is 10.8. The van der Waals surface area contributed by atoms with E-state index in [0.717, 1.165) is 29.7 Å². The van der Waals surface area contributed by atoms with Gasteiger partial charge in [-0.1, -0.05) is 50.2 Å². The Hall–Kier alpha value is -2.77. The second kappa shape index (κ2) is 8.75. The highest BCUT2D eigenvalue weighted by Gasteiger charge is 2.17. The summed E-state index contributed by atoms with van der Waals surface area (Å²) in [4.78, 5) is 2.22. The monoisotopic (exact) mass is 381 g/mol. The van der Waals surface area contributed by atoms with Crippen LogP contribution >= 0.6 is 12.2 Å². The molecule has 0 radical (unpaired) electrons. The molecule has 0 unspecified atom stereocenters. The van der Waals surface area contributed by atoms with Gasteiger partial charge in [-0.15, -0.1) is 10.2 Å². The number of aromatic hydroxyl groups is 1. The van der Waals surface area contributed by atoms with Crippen LogP contribution in [0.3, 0.4) is 0 Å². The van der Waals surface area contributed by atoms with Crippen LogP contribution in [0.2, 0.25) is 0 Å². The quantitative estimate of drug-likeness (QED) is 0.459. The molecule has 0 fully saturated rings. The van der Waals surface area contributed by atoms with E-state index in [1.165, 1.54) is 0 Å². The molecular formula is C20H23N5OS. The molecule has 0 atom stereocenters. The third kappa shape index (κ3) is 4.32. The van der Waals surface area contributed by atoms with Crippen LogP contribution in [0.15, 0.2) is 64.8 Å². The zero-order valence-electron chi connectivity index (χ0n) is 15.5. The second-order valence-corrected chi connectivity index (χ2v) is 6.44. The molecule has 7 heteroatoms. The van der Waals surface area contributed by atoms with Gasteiger partial charge in [0.1, 0.15) is 0 Å². The summed E-state index contributed by atoms with van der Waals surface area (Å²) in [7, 11) is 0. The molecule has 1 heterocycles. The van der Waals surface area contributed by atoms with Crippen LogP contribution < -0.4 is 5.32 Å². The summed E-state index contributed by atoms with van der Waals surface area (Å²) in [6.07, 6.45) is 0. The molecule has 140 valence electrons. The number of nitrogens with one attached hydrogen (secondary N) is 1. The van der Waals surface area contributed by atoms with E-state index in [-0.39, 0.29) is 11.0 Å². The molecule has 0 saturated heterocycles. The van der Waals surface area contributed by atoms with Crippen molar-refractivity contribution in [2.75, 3.05) is 18.4 Å². The lowest BCUT2D eigenvalue weighted by Crippen LogP contribution is -2.25. The molecule has 27 heavy (non-hydrogen) atoms. The number of fused-ring (bicyclic) bond motifs is 1. The number of azo groups is 1. The van der Waals surface area contributed by atoms with Crippen molar-refractivity contribution in [1.82, 2.24) is 9.47 Å². The normalized spacial score (nSPS) is 11.5. The number of benzene rings is 2. The Morgan fingerprint density at radius 3 is 2.44 bits per heavy atom. The highest BCUT2D eigenvalue weighted by Crippen LogP contribution is 2.38. The van der Waals surface area contributed by atoms with Gasteiger partial charge in [-0.25, -0.2) is 0 Å². The van der Waals surface area contributed by atoms with Crippen LogP contribution in [0.4, 0.5) is 11.4 Å². The van der Waals surface area contributed by atoms with Crippen molar-refractivity contribution in [1.29, 1.82) is 0 Å². The Bertz CT molecular complexity index is 948. The average Bonchev–Trinajstić information content (AvgIpc) is 2.96. The first-order chi connectivity index (χ1) is 13.1. The SMILES string of the molecule is CCN(CC)Cn1c(O)c(N=NC(=S)Nc2ccccc2)c2ccccc21. The van der Waals surface area contributed by atoms with Gasteiger partial charge in [-0.3, -0.25) is 9.47 Å². The highest BCUT2D eigenvalue weighted by molar-refractivity contribution is 7.80. The minimum atomic E-state index is 0.0920. The first-order valence-electron chi connectivity index (χ1n) is 8.94. The minimum absolute atomic E-state index is 0.0920. The zero-order chi connectivity index (χ0) is 19.2. The summed E-state index contributed by atoms with van der Waals surface area (Å²) < 4.78 is 1.85. The van der Waals surface area contributed by atoms with E-state index < -0.39 is 0 Å². The molecule has 0 aliphatic heterocycles. The van der Waals surface area contributed by atoms with Crippen LogP contribution in [-0.2, 0) is 6.67 Å². The summed E-state index contributed by atoms with van der Waals surface area (Å²) in [5, 5.41) is 23.2. The van der Waals surface area contributed by atoms with Crippen molar-refractivity contribution in [3.63, 3.8) is 0 Å². The minimum Gasteiger partial charge on any atom is -0.493 e. The van der Waals surface area contributed by atoms with E-state index in [0.29, 0.717) is 12.4 Å². The predicted molar refractivity (Wildman–Crippen MR) is 114 cm³/mol. The number of aromatic nitrogens is 1. The molecule has 2 aromatic carbocycles. The molecule has 0 saturated carbocycles. The topological polar surface area (TPSA) is 65.1 Å². The first kappa shape index (κ1) is 19.0. The van der Waals surface area contributed by atoms with Crippen molar-refractivity contribution in [3.8, 4) is 5.88 Å². The first-order valence-corrected chi connectivity index (χ1v) is 9.35. The van der Waals surface area contributed by atoms with Gasteiger partial charge < -0.3 is 10.4 Å². The molecule has 6 nitrogen and oxygen atoms in total. The van der Waals surface area contributed by atoms with Crippen molar-refractivity contribution >= 4 is 39.6 Å². The maximum Gasteiger partial charge on any atom is 0.221 e. The van der Waals surface area contributed by atoms with Gasteiger partial charge >= 0.3 is 0 Å². The number of hydrogen-bond donors (Lipinski definition) is 2. The molecule has 2 N–H and O–H groups in total. The largest absolute Gasteiger partial charge is 0.493 e. The van der Waals surface area contributed by atoms with E-state index in [1.807, 2.05) is 59.2 Å². The molecule has 3 rings (SSSR count). The average molecular weight is 382 g/mol. The van der Waals surface area contributed by atoms with Gasteiger partial charge in [0.25, 0.3) is 0 Å². The van der Waals surface area contributed by atoms with Gasteiger partial charge in [0.15, 0.2) is 5.69 Å². The fourth-order valence-electron chi connectivity index (χ4n) is 2.90. The third-order valence-electron chi connectivity index (χ3n) is 4.42. The lowest BCUT2D eigenvalue weighted by atomic mass is 10.2. The zero-order valence-corrected chi connectivity index (χ0v) is 16.3. The Morgan fingerprint density at radius 1 is 1.07 bits per heavy atom. The molecule has 3 aromatic rings. The molecule has 0 aliphatic rings. The Kier molecular flexibility index (Phi) is 6.16. The summed E-state index contributed by atoms with van der Waals surface area (Å²) in [5.74, 6) is 0.0920. The number of thiocarbonyl (C=S) groups is 1. The fourth-order valence-corrected chi connectivity index (χ4v) is 3.06. The van der Waals surface area contributed by atoms with E-state index in [9.17, 15) is 5.11 Å². The van der Waals surface area contributed by atoms with Crippen molar-refractivity contribution in [3.05, 3.63) is 54.6 Å². The van der Waals surface area contributed by atoms with Gasteiger partial charge in [-0.05, 0) is 43.5 Å². The Labute approximate surface area is 164 Å². The van der Waals surface area contributed by atoms with Gasteiger partial charge in [-0.2, -0.15) is 0 Å². The molecule has 1 aromatic heterocycles. The van der Waals surface area contributed by atoms with Crippen LogP contribution in [0.5, 0.6) is 5.88 Å². The predicted octanol–water partition coefficient (Wildman–Crippen LogP) is 5.13. The van der Waals surface area contributed by atoms with Crippen LogP contribution in [0.25, 0.3) is 10.9 Å². The van der Waals surface area contributed by atoms with E-state index >= 15 is 0 Å². The maximum atomic E-state index is 10.8. The second-order valence-electron chi connectivity index (χ2n) is 6.06. The Balaban J connectivity index is 1.90. The molecule has 0 bridgehead atoms. The van der Waals surface area contributed by atoms with E-state index in [2.05, 4.69) is 34.3 Å². The highest BCUT2D eigenvalue weighted by atomic mass is 32.1. The van der Waals surface area contributed by atoms with Crippen LogP contribution in [-0.4, -0.2) is 32.8 Å². The van der Waals surface area contributed by atoms with E-state index in [1.54, 1.807) is 0 Å². The van der Waals surface area contributed by atoms with Crippen molar-refractivity contribution in [2.24, 2.45) is 10.2 Å². The van der Waals surface area contributed by atoms with Gasteiger partial charge in [0, 0.05) is 11.1 Å². The number of nitrogens with zero attached hydrogens (tertiary/aromatic N) is 4. The molecule has 0 spiro atoms. The lowest BCUT2D eigenvalue weighted by Gasteiger charge is -2.19. The number of rotatable bonds is 6. The van der Waals surface area contributed by atoms with Crippen molar-refractivity contribution in [2.45, 2.75) is 20.5 Å². The third-order valence-corrected chi connectivity index (χ3v) is 4.60.